The van der Waals surface area contributed by atoms with Gasteiger partial charge in [-0.2, -0.15) is 0 Å². The van der Waals surface area contributed by atoms with Crippen molar-refractivity contribution in [3.05, 3.63) is 29.3 Å². The van der Waals surface area contributed by atoms with Gasteiger partial charge >= 0.3 is 0 Å². The molecule has 0 aromatic heterocycles. The van der Waals surface area contributed by atoms with E-state index >= 15 is 0 Å². The summed E-state index contributed by atoms with van der Waals surface area (Å²) in [6, 6.07) is 6.84. The zero-order valence-corrected chi connectivity index (χ0v) is 11.0. The number of hydrogen-bond acceptors (Lipinski definition) is 2. The first-order chi connectivity index (χ1) is 8.11. The number of rotatable bonds is 5. The molecule has 0 saturated heterocycles. The predicted molar refractivity (Wildman–Crippen MR) is 74.1 cm³/mol. The van der Waals surface area contributed by atoms with E-state index in [1.54, 1.807) is 0 Å². The minimum absolute atomic E-state index is 0.462. The van der Waals surface area contributed by atoms with Gasteiger partial charge in [-0.25, -0.2) is 0 Å². The maximum absolute atomic E-state index is 8.25. The lowest BCUT2D eigenvalue weighted by Gasteiger charge is -2.17. The Hall–Kier alpha value is -1.31. The van der Waals surface area contributed by atoms with E-state index in [0.717, 1.165) is 23.4 Å². The van der Waals surface area contributed by atoms with Crippen LogP contribution in [0.25, 0.3) is 0 Å². The summed E-state index contributed by atoms with van der Waals surface area (Å²) in [6.45, 7) is 6.46. The molecule has 0 aliphatic heterocycles. The third-order valence-corrected chi connectivity index (χ3v) is 3.47. The van der Waals surface area contributed by atoms with Crippen LogP contribution in [0.5, 0.6) is 0 Å². The standard InChI is InChI=1S/C15H22N2/c1-4-11(3)17-14-8-5-10(2)9-13(14)15(16)12-6-7-12/h5,8-9,11-12,16-17H,4,6-7H2,1-3H3. The van der Waals surface area contributed by atoms with Crippen molar-refractivity contribution >= 4 is 11.4 Å². The summed E-state index contributed by atoms with van der Waals surface area (Å²) in [5.74, 6) is 0.509. The molecule has 2 N–H and O–H groups in total. The third kappa shape index (κ3) is 2.87. The molecule has 1 aliphatic carbocycles. The first-order valence-electron chi connectivity index (χ1n) is 6.57. The molecular formula is C15H22N2. The van der Waals surface area contributed by atoms with Crippen LogP contribution in [-0.4, -0.2) is 11.8 Å². The Labute approximate surface area is 104 Å². The van der Waals surface area contributed by atoms with Gasteiger partial charge in [-0.1, -0.05) is 18.6 Å². The monoisotopic (exact) mass is 230 g/mol. The lowest BCUT2D eigenvalue weighted by atomic mass is 10.0. The van der Waals surface area contributed by atoms with Crippen LogP contribution in [0.4, 0.5) is 5.69 Å². The molecule has 0 radical (unpaired) electrons. The Morgan fingerprint density at radius 1 is 1.47 bits per heavy atom. The number of anilines is 1. The molecule has 2 nitrogen and oxygen atoms in total. The van der Waals surface area contributed by atoms with Crippen molar-refractivity contribution in [2.75, 3.05) is 5.32 Å². The van der Waals surface area contributed by atoms with Crippen LogP contribution < -0.4 is 5.32 Å². The quantitative estimate of drug-likeness (QED) is 0.737. The van der Waals surface area contributed by atoms with Gasteiger partial charge in [0.15, 0.2) is 0 Å². The molecular weight excluding hydrogens is 208 g/mol. The molecule has 0 bridgehead atoms. The summed E-state index contributed by atoms with van der Waals surface area (Å²) in [5, 5.41) is 11.8. The average molecular weight is 230 g/mol. The molecule has 1 aromatic carbocycles. The Morgan fingerprint density at radius 3 is 2.76 bits per heavy atom. The van der Waals surface area contributed by atoms with Crippen molar-refractivity contribution in [1.82, 2.24) is 0 Å². The average Bonchev–Trinajstić information content (AvgIpc) is 3.14. The minimum atomic E-state index is 0.462. The predicted octanol–water partition coefficient (Wildman–Crippen LogP) is 3.98. The summed E-state index contributed by atoms with van der Waals surface area (Å²) in [6.07, 6.45) is 3.48. The summed E-state index contributed by atoms with van der Waals surface area (Å²) in [5.41, 5.74) is 4.29. The summed E-state index contributed by atoms with van der Waals surface area (Å²) in [7, 11) is 0. The van der Waals surface area contributed by atoms with Crippen molar-refractivity contribution in [1.29, 1.82) is 5.41 Å². The first-order valence-corrected chi connectivity index (χ1v) is 6.57. The molecule has 1 atom stereocenters. The maximum atomic E-state index is 8.25. The third-order valence-electron chi connectivity index (χ3n) is 3.47. The fourth-order valence-corrected chi connectivity index (χ4v) is 1.97. The highest BCUT2D eigenvalue weighted by atomic mass is 14.9. The van der Waals surface area contributed by atoms with E-state index in [4.69, 9.17) is 5.41 Å². The van der Waals surface area contributed by atoms with Crippen LogP contribution in [0.2, 0.25) is 0 Å². The molecule has 1 aliphatic rings. The SMILES string of the molecule is CCC(C)Nc1ccc(C)cc1C(=N)C1CC1. The van der Waals surface area contributed by atoms with Crippen LogP contribution in [0, 0.1) is 18.3 Å². The van der Waals surface area contributed by atoms with Gasteiger partial charge in [0.1, 0.15) is 0 Å². The smallest absolute Gasteiger partial charge is 0.0437 e. The van der Waals surface area contributed by atoms with E-state index in [9.17, 15) is 0 Å². The van der Waals surface area contributed by atoms with Crippen molar-refractivity contribution in [3.63, 3.8) is 0 Å². The molecule has 2 rings (SSSR count). The number of hydrogen-bond donors (Lipinski definition) is 2. The summed E-state index contributed by atoms with van der Waals surface area (Å²) in [4.78, 5) is 0. The van der Waals surface area contributed by atoms with Gasteiger partial charge in [0.2, 0.25) is 0 Å². The summed E-state index contributed by atoms with van der Waals surface area (Å²) < 4.78 is 0. The van der Waals surface area contributed by atoms with Gasteiger partial charge < -0.3 is 10.7 Å². The second-order valence-electron chi connectivity index (χ2n) is 5.19. The van der Waals surface area contributed by atoms with Gasteiger partial charge in [-0.3, -0.25) is 0 Å². The van der Waals surface area contributed by atoms with Gasteiger partial charge in [0.25, 0.3) is 0 Å². The van der Waals surface area contributed by atoms with Crippen LogP contribution in [0.1, 0.15) is 44.2 Å². The number of nitrogens with one attached hydrogen (secondary N) is 2. The number of benzene rings is 1. The Bertz CT molecular complexity index is 419. The molecule has 92 valence electrons. The number of aryl methyl sites for hydroxylation is 1. The molecule has 17 heavy (non-hydrogen) atoms. The van der Waals surface area contributed by atoms with Crippen molar-refractivity contribution in [3.8, 4) is 0 Å². The molecule has 2 heteroatoms. The zero-order chi connectivity index (χ0) is 12.4. The van der Waals surface area contributed by atoms with Gasteiger partial charge in [0, 0.05) is 28.9 Å². The van der Waals surface area contributed by atoms with Crippen LogP contribution in [0.15, 0.2) is 18.2 Å². The van der Waals surface area contributed by atoms with E-state index in [2.05, 4.69) is 44.3 Å². The van der Waals surface area contributed by atoms with Gasteiger partial charge in [-0.15, -0.1) is 0 Å². The Balaban J connectivity index is 2.26. The largest absolute Gasteiger partial charge is 0.382 e. The lowest BCUT2D eigenvalue weighted by molar-refractivity contribution is 0.763. The van der Waals surface area contributed by atoms with Gasteiger partial charge in [0.05, 0.1) is 0 Å². The molecule has 0 heterocycles. The molecule has 0 spiro atoms. The zero-order valence-electron chi connectivity index (χ0n) is 11.0. The van der Waals surface area contributed by atoms with E-state index in [1.807, 2.05) is 0 Å². The minimum Gasteiger partial charge on any atom is -0.382 e. The summed E-state index contributed by atoms with van der Waals surface area (Å²) >= 11 is 0. The normalized spacial score (nSPS) is 16.6. The fraction of sp³-hybridized carbons (Fsp3) is 0.533. The lowest BCUT2D eigenvalue weighted by Crippen LogP contribution is -2.16. The Morgan fingerprint density at radius 2 is 2.18 bits per heavy atom. The highest BCUT2D eigenvalue weighted by Crippen LogP contribution is 2.35. The molecule has 1 aromatic rings. The Kier molecular flexibility index (Phi) is 3.51. The van der Waals surface area contributed by atoms with Crippen molar-refractivity contribution in [2.45, 2.75) is 46.1 Å². The second-order valence-corrected chi connectivity index (χ2v) is 5.19. The first kappa shape index (κ1) is 12.2. The van der Waals surface area contributed by atoms with E-state index in [1.165, 1.54) is 18.4 Å². The van der Waals surface area contributed by atoms with Crippen molar-refractivity contribution < 1.29 is 0 Å². The molecule has 1 saturated carbocycles. The van der Waals surface area contributed by atoms with Crippen LogP contribution in [0.3, 0.4) is 0 Å². The van der Waals surface area contributed by atoms with E-state index in [-0.39, 0.29) is 0 Å². The van der Waals surface area contributed by atoms with E-state index < -0.39 is 0 Å². The van der Waals surface area contributed by atoms with Crippen molar-refractivity contribution in [2.24, 2.45) is 5.92 Å². The maximum Gasteiger partial charge on any atom is 0.0437 e. The molecule has 0 amide bonds. The molecule has 1 fully saturated rings. The van der Waals surface area contributed by atoms with E-state index in [0.29, 0.717) is 12.0 Å². The fourth-order valence-electron chi connectivity index (χ4n) is 1.97. The highest BCUT2D eigenvalue weighted by molar-refractivity contribution is 6.05. The van der Waals surface area contributed by atoms with Gasteiger partial charge in [-0.05, 0) is 45.2 Å². The highest BCUT2D eigenvalue weighted by Gasteiger charge is 2.28. The molecule has 1 unspecified atom stereocenters. The second kappa shape index (κ2) is 4.91. The van der Waals surface area contributed by atoms with Crippen LogP contribution >= 0.6 is 0 Å². The van der Waals surface area contributed by atoms with Crippen LogP contribution in [-0.2, 0) is 0 Å². The topological polar surface area (TPSA) is 35.9 Å².